The molecule has 0 unspecified atom stereocenters. The molecule has 0 radical (unpaired) electrons. The van der Waals surface area contributed by atoms with Gasteiger partial charge in [-0.1, -0.05) is 30.3 Å². The fourth-order valence-corrected chi connectivity index (χ4v) is 4.19. The third-order valence-corrected chi connectivity index (χ3v) is 5.89. The Morgan fingerprint density at radius 2 is 2.06 bits per heavy atom. The van der Waals surface area contributed by atoms with E-state index in [1.807, 2.05) is 35.2 Å². The van der Waals surface area contributed by atoms with Gasteiger partial charge in [0.1, 0.15) is 5.82 Å². The van der Waals surface area contributed by atoms with Gasteiger partial charge < -0.3 is 15.1 Å². The number of carbonyl (C=O) groups is 2. The van der Waals surface area contributed by atoms with Gasteiger partial charge in [-0.25, -0.2) is 4.98 Å². The Labute approximate surface area is 187 Å². The average molecular weight is 433 g/mol. The maximum absolute atomic E-state index is 13.2. The van der Waals surface area contributed by atoms with Crippen LogP contribution in [0.3, 0.4) is 0 Å². The summed E-state index contributed by atoms with van der Waals surface area (Å²) < 4.78 is 0. The minimum atomic E-state index is -0.0751. The van der Waals surface area contributed by atoms with Crippen molar-refractivity contribution in [2.24, 2.45) is 0 Å². The highest BCUT2D eigenvalue weighted by atomic mass is 16.2. The molecule has 2 aromatic heterocycles. The van der Waals surface area contributed by atoms with E-state index in [0.717, 1.165) is 24.1 Å². The van der Waals surface area contributed by atoms with Crippen molar-refractivity contribution in [2.45, 2.75) is 25.3 Å². The third-order valence-electron chi connectivity index (χ3n) is 5.89. The van der Waals surface area contributed by atoms with Gasteiger partial charge in [0.2, 0.25) is 0 Å². The van der Waals surface area contributed by atoms with Crippen molar-refractivity contribution in [3.8, 4) is 0 Å². The predicted molar refractivity (Wildman–Crippen MR) is 122 cm³/mol. The number of anilines is 1. The Kier molecular flexibility index (Phi) is 6.49. The molecule has 4 rings (SSSR count). The number of hydrogen-bond donors (Lipinski definition) is 2. The Hall–Kier alpha value is -3.68. The molecule has 1 aliphatic heterocycles. The number of nitrogens with zero attached hydrogens (tertiary/aromatic N) is 4. The lowest BCUT2D eigenvalue weighted by Gasteiger charge is -2.33. The van der Waals surface area contributed by atoms with E-state index in [2.05, 4.69) is 20.5 Å². The van der Waals surface area contributed by atoms with Crippen LogP contribution in [0.2, 0.25) is 0 Å². The minimum absolute atomic E-state index is 0.0258. The molecule has 32 heavy (non-hydrogen) atoms. The molecule has 3 aromatic rings. The van der Waals surface area contributed by atoms with E-state index in [0.29, 0.717) is 36.6 Å². The molecule has 0 aliphatic carbocycles. The number of hydrogen-bond acceptors (Lipinski definition) is 5. The molecular formula is C24H28N6O2. The van der Waals surface area contributed by atoms with Crippen molar-refractivity contribution in [3.05, 3.63) is 77.2 Å². The summed E-state index contributed by atoms with van der Waals surface area (Å²) in [7, 11) is 3.57. The lowest BCUT2D eigenvalue weighted by Crippen LogP contribution is -2.39. The van der Waals surface area contributed by atoms with Crippen LogP contribution in [0.1, 0.15) is 50.7 Å². The smallest absolute Gasteiger partial charge is 0.257 e. The van der Waals surface area contributed by atoms with Gasteiger partial charge in [-0.15, -0.1) is 0 Å². The normalized spacial score (nSPS) is 15.9. The Balaban J connectivity index is 1.48. The molecule has 166 valence electrons. The first-order valence-corrected chi connectivity index (χ1v) is 10.8. The Morgan fingerprint density at radius 3 is 2.84 bits per heavy atom. The van der Waals surface area contributed by atoms with E-state index in [1.54, 1.807) is 43.5 Å². The second-order valence-corrected chi connectivity index (χ2v) is 8.11. The lowest BCUT2D eigenvalue weighted by atomic mass is 9.92. The number of rotatable bonds is 6. The summed E-state index contributed by atoms with van der Waals surface area (Å²) in [6.45, 7) is 1.76. The van der Waals surface area contributed by atoms with Crippen molar-refractivity contribution in [1.82, 2.24) is 25.0 Å². The van der Waals surface area contributed by atoms with Crippen LogP contribution in [0.25, 0.3) is 0 Å². The summed E-state index contributed by atoms with van der Waals surface area (Å²) in [6, 6.07) is 13.4. The molecule has 0 saturated carbocycles. The van der Waals surface area contributed by atoms with Crippen LogP contribution in [-0.2, 0) is 6.54 Å². The third kappa shape index (κ3) is 4.64. The molecule has 0 bridgehead atoms. The molecule has 1 atom stereocenters. The topological polar surface area (TPSA) is 94.2 Å². The number of piperidine rings is 1. The maximum Gasteiger partial charge on any atom is 0.257 e. The zero-order valence-electron chi connectivity index (χ0n) is 18.4. The van der Waals surface area contributed by atoms with Crippen molar-refractivity contribution < 1.29 is 9.59 Å². The van der Waals surface area contributed by atoms with Gasteiger partial charge in [-0.2, -0.15) is 5.10 Å². The number of aromatic nitrogens is 3. The molecule has 1 aromatic carbocycles. The number of benzene rings is 1. The van der Waals surface area contributed by atoms with Gasteiger partial charge >= 0.3 is 0 Å². The molecule has 1 fully saturated rings. The number of nitrogens with one attached hydrogen (secondary N) is 2. The number of H-pyrrole nitrogens is 1. The standard InChI is InChI=1S/C24H28N6O2/c1-25-21-13-18(10-11-26-21)23(31)30-12-6-9-19(16-30)22-20(14-27-28-22)24(32)29(2)15-17-7-4-3-5-8-17/h3-5,7-8,10-11,13-14,19H,6,9,12,15-16H2,1-2H3,(H,25,26)(H,27,28)/t19-/m0/s1. The Morgan fingerprint density at radius 1 is 1.25 bits per heavy atom. The Bertz CT molecular complexity index is 1080. The van der Waals surface area contributed by atoms with Gasteiger partial charge in [0, 0.05) is 51.4 Å². The first kappa shape index (κ1) is 21.5. The fraction of sp³-hybridized carbons (Fsp3) is 0.333. The van der Waals surface area contributed by atoms with Crippen LogP contribution in [0.15, 0.2) is 54.9 Å². The van der Waals surface area contributed by atoms with E-state index in [1.165, 1.54) is 0 Å². The highest BCUT2D eigenvalue weighted by Gasteiger charge is 2.30. The van der Waals surface area contributed by atoms with Gasteiger partial charge in [0.25, 0.3) is 11.8 Å². The van der Waals surface area contributed by atoms with Crippen LogP contribution in [-0.4, -0.2) is 64.0 Å². The fourth-order valence-electron chi connectivity index (χ4n) is 4.19. The molecule has 2 N–H and O–H groups in total. The van der Waals surface area contributed by atoms with Crippen LogP contribution >= 0.6 is 0 Å². The SMILES string of the molecule is CNc1cc(C(=O)N2CCC[C@H](c3[nH]ncc3C(=O)N(C)Cc3ccccc3)C2)ccn1. The number of likely N-dealkylation sites (tertiary alicyclic amines) is 1. The highest BCUT2D eigenvalue weighted by Crippen LogP contribution is 2.29. The monoisotopic (exact) mass is 432 g/mol. The molecule has 1 aliphatic rings. The molecule has 1 saturated heterocycles. The van der Waals surface area contributed by atoms with E-state index >= 15 is 0 Å². The summed E-state index contributed by atoms with van der Waals surface area (Å²) in [5.41, 5.74) is 3.05. The number of amides is 2. The molecule has 2 amide bonds. The van der Waals surface area contributed by atoms with Crippen molar-refractivity contribution in [1.29, 1.82) is 0 Å². The summed E-state index contributed by atoms with van der Waals surface area (Å²) in [6.07, 6.45) is 5.00. The van der Waals surface area contributed by atoms with Crippen LogP contribution in [0.4, 0.5) is 5.82 Å². The van der Waals surface area contributed by atoms with Crippen LogP contribution in [0, 0.1) is 0 Å². The second-order valence-electron chi connectivity index (χ2n) is 8.11. The van der Waals surface area contributed by atoms with Crippen LogP contribution in [0.5, 0.6) is 0 Å². The number of aromatic amines is 1. The van der Waals surface area contributed by atoms with Gasteiger partial charge in [-0.05, 0) is 30.5 Å². The van der Waals surface area contributed by atoms with Gasteiger partial charge in [0.05, 0.1) is 17.5 Å². The van der Waals surface area contributed by atoms with E-state index in [4.69, 9.17) is 0 Å². The lowest BCUT2D eigenvalue weighted by molar-refractivity contribution is 0.0705. The molecule has 0 spiro atoms. The average Bonchev–Trinajstić information content (AvgIpc) is 3.34. The van der Waals surface area contributed by atoms with E-state index in [-0.39, 0.29) is 17.7 Å². The second kappa shape index (κ2) is 9.64. The van der Waals surface area contributed by atoms with E-state index in [9.17, 15) is 9.59 Å². The zero-order chi connectivity index (χ0) is 22.5. The molecular weight excluding hydrogens is 404 g/mol. The quantitative estimate of drug-likeness (QED) is 0.624. The maximum atomic E-state index is 13.2. The van der Waals surface area contributed by atoms with Gasteiger partial charge in [0.15, 0.2) is 0 Å². The first-order valence-electron chi connectivity index (χ1n) is 10.8. The first-order chi connectivity index (χ1) is 15.6. The van der Waals surface area contributed by atoms with Crippen molar-refractivity contribution in [3.63, 3.8) is 0 Å². The van der Waals surface area contributed by atoms with Crippen LogP contribution < -0.4 is 5.32 Å². The van der Waals surface area contributed by atoms with Crippen molar-refractivity contribution >= 4 is 17.6 Å². The zero-order valence-corrected chi connectivity index (χ0v) is 18.4. The summed E-state index contributed by atoms with van der Waals surface area (Å²) in [4.78, 5) is 34.0. The molecule has 3 heterocycles. The summed E-state index contributed by atoms with van der Waals surface area (Å²) in [5, 5.41) is 10.2. The highest BCUT2D eigenvalue weighted by molar-refractivity contribution is 5.96. The minimum Gasteiger partial charge on any atom is -0.373 e. The van der Waals surface area contributed by atoms with Crippen molar-refractivity contribution in [2.75, 3.05) is 32.5 Å². The summed E-state index contributed by atoms with van der Waals surface area (Å²) in [5.74, 6) is 0.591. The predicted octanol–water partition coefficient (Wildman–Crippen LogP) is 3.14. The molecule has 8 heteroatoms. The summed E-state index contributed by atoms with van der Waals surface area (Å²) >= 11 is 0. The van der Waals surface area contributed by atoms with Gasteiger partial charge in [-0.3, -0.25) is 14.7 Å². The molecule has 8 nitrogen and oxygen atoms in total. The number of carbonyl (C=O) groups excluding carboxylic acids is 2. The largest absolute Gasteiger partial charge is 0.373 e. The van der Waals surface area contributed by atoms with E-state index < -0.39 is 0 Å². The number of pyridine rings is 1.